The second-order valence-electron chi connectivity index (χ2n) is 4.16. The number of carbonyl (C=O) groups excluding carboxylic acids is 1. The summed E-state index contributed by atoms with van der Waals surface area (Å²) in [5, 5.41) is 0.723. The summed E-state index contributed by atoms with van der Waals surface area (Å²) in [6.07, 6.45) is 2.79. The molecule has 0 fully saturated rings. The molecule has 0 atom stereocenters. The minimum Gasteiger partial charge on any atom is -0.465 e. The maximum atomic E-state index is 11.6. The van der Waals surface area contributed by atoms with E-state index >= 15 is 0 Å². The molecule has 7 heteroatoms. The van der Waals surface area contributed by atoms with Crippen LogP contribution in [0.3, 0.4) is 0 Å². The molecule has 0 unspecified atom stereocenters. The van der Waals surface area contributed by atoms with Crippen molar-refractivity contribution in [2.24, 2.45) is 0 Å². The van der Waals surface area contributed by atoms with Gasteiger partial charge in [0.25, 0.3) is 0 Å². The topological polar surface area (TPSA) is 79.5 Å². The van der Waals surface area contributed by atoms with Crippen LogP contribution in [0.5, 0.6) is 0 Å². The Labute approximate surface area is 111 Å². The highest BCUT2D eigenvalue weighted by atomic mass is 32.2. The number of esters is 1. The van der Waals surface area contributed by atoms with Crippen molar-refractivity contribution >= 4 is 32.6 Å². The monoisotopic (exact) mass is 282 g/mol. The molecule has 2 rings (SSSR count). The summed E-state index contributed by atoms with van der Waals surface area (Å²) < 4.78 is 29.1. The number of sulfonamides is 1. The second kappa shape index (κ2) is 4.58. The van der Waals surface area contributed by atoms with Crippen molar-refractivity contribution in [3.63, 3.8) is 0 Å². The SMILES string of the molecule is COC(=O)c1cc(N(C)S(C)(=O)=O)c2cc[nH]c2c1. The number of anilines is 1. The van der Waals surface area contributed by atoms with E-state index in [0.29, 0.717) is 16.8 Å². The molecule has 0 radical (unpaired) electrons. The molecule has 0 amide bonds. The number of rotatable bonds is 3. The van der Waals surface area contributed by atoms with E-state index in [1.165, 1.54) is 20.2 Å². The van der Waals surface area contributed by atoms with Gasteiger partial charge < -0.3 is 9.72 Å². The first-order valence-electron chi connectivity index (χ1n) is 5.48. The minimum atomic E-state index is -3.41. The zero-order valence-electron chi connectivity index (χ0n) is 10.8. The maximum absolute atomic E-state index is 11.6. The number of hydrogen-bond acceptors (Lipinski definition) is 4. The maximum Gasteiger partial charge on any atom is 0.337 e. The van der Waals surface area contributed by atoms with Gasteiger partial charge in [-0.2, -0.15) is 0 Å². The van der Waals surface area contributed by atoms with Gasteiger partial charge in [-0.1, -0.05) is 0 Å². The number of H-pyrrole nitrogens is 1. The largest absolute Gasteiger partial charge is 0.465 e. The van der Waals surface area contributed by atoms with Crippen LogP contribution in [0.15, 0.2) is 24.4 Å². The molecule has 0 saturated heterocycles. The predicted molar refractivity (Wildman–Crippen MR) is 72.9 cm³/mol. The molecule has 102 valence electrons. The number of aromatic nitrogens is 1. The average molecular weight is 282 g/mol. The fraction of sp³-hybridized carbons (Fsp3) is 0.250. The van der Waals surface area contributed by atoms with Gasteiger partial charge in [-0.3, -0.25) is 4.31 Å². The van der Waals surface area contributed by atoms with Crippen molar-refractivity contribution in [2.75, 3.05) is 24.7 Å². The number of aromatic amines is 1. The van der Waals surface area contributed by atoms with Crippen LogP contribution in [0.2, 0.25) is 0 Å². The lowest BCUT2D eigenvalue weighted by Crippen LogP contribution is -2.25. The first kappa shape index (κ1) is 13.4. The van der Waals surface area contributed by atoms with E-state index in [9.17, 15) is 13.2 Å². The van der Waals surface area contributed by atoms with Gasteiger partial charge in [0, 0.05) is 24.1 Å². The molecule has 2 aromatic rings. The zero-order chi connectivity index (χ0) is 14.2. The Balaban J connectivity index is 2.71. The standard InChI is InChI=1S/C12H14N2O4S/c1-14(19(3,16)17)11-7-8(12(15)18-2)6-10-9(11)4-5-13-10/h4-7,13H,1-3H3. The Morgan fingerprint density at radius 3 is 2.63 bits per heavy atom. The van der Waals surface area contributed by atoms with Crippen LogP contribution in [0, 0.1) is 0 Å². The van der Waals surface area contributed by atoms with Crippen molar-refractivity contribution in [1.29, 1.82) is 0 Å². The van der Waals surface area contributed by atoms with Crippen LogP contribution in [0.1, 0.15) is 10.4 Å². The van der Waals surface area contributed by atoms with E-state index < -0.39 is 16.0 Å². The number of ether oxygens (including phenoxy) is 1. The van der Waals surface area contributed by atoms with Gasteiger partial charge in [0.15, 0.2) is 0 Å². The number of nitrogens with zero attached hydrogens (tertiary/aromatic N) is 1. The quantitative estimate of drug-likeness (QED) is 0.862. The lowest BCUT2D eigenvalue weighted by molar-refractivity contribution is 0.0601. The Morgan fingerprint density at radius 1 is 1.37 bits per heavy atom. The summed E-state index contributed by atoms with van der Waals surface area (Å²) in [4.78, 5) is 14.6. The van der Waals surface area contributed by atoms with E-state index in [-0.39, 0.29) is 0 Å². The molecule has 0 aliphatic carbocycles. The third kappa shape index (κ3) is 2.41. The number of hydrogen-bond donors (Lipinski definition) is 1. The summed E-state index contributed by atoms with van der Waals surface area (Å²) in [6, 6.07) is 4.89. The van der Waals surface area contributed by atoms with Crippen molar-refractivity contribution in [3.8, 4) is 0 Å². The smallest absolute Gasteiger partial charge is 0.337 e. The molecule has 1 heterocycles. The van der Waals surface area contributed by atoms with Crippen molar-refractivity contribution in [3.05, 3.63) is 30.0 Å². The minimum absolute atomic E-state index is 0.294. The lowest BCUT2D eigenvalue weighted by atomic mass is 10.1. The van der Waals surface area contributed by atoms with Crippen molar-refractivity contribution in [2.45, 2.75) is 0 Å². The Kier molecular flexibility index (Phi) is 3.23. The Morgan fingerprint density at radius 2 is 2.05 bits per heavy atom. The van der Waals surface area contributed by atoms with Crippen LogP contribution >= 0.6 is 0 Å². The molecule has 0 aliphatic rings. The van der Waals surface area contributed by atoms with Crippen LogP contribution in [-0.4, -0.2) is 39.8 Å². The van der Waals surface area contributed by atoms with Gasteiger partial charge in [0.1, 0.15) is 0 Å². The summed E-state index contributed by atoms with van der Waals surface area (Å²) in [5.74, 6) is -0.514. The first-order valence-corrected chi connectivity index (χ1v) is 7.33. The molecule has 0 aliphatic heterocycles. The highest BCUT2D eigenvalue weighted by Crippen LogP contribution is 2.29. The van der Waals surface area contributed by atoms with E-state index in [4.69, 9.17) is 0 Å². The van der Waals surface area contributed by atoms with Gasteiger partial charge >= 0.3 is 5.97 Å². The highest BCUT2D eigenvalue weighted by Gasteiger charge is 2.18. The Hall–Kier alpha value is -2.02. The fourth-order valence-electron chi connectivity index (χ4n) is 1.82. The van der Waals surface area contributed by atoms with Gasteiger partial charge in [0.2, 0.25) is 10.0 Å². The van der Waals surface area contributed by atoms with Crippen LogP contribution < -0.4 is 4.31 Å². The molecule has 1 N–H and O–H groups in total. The molecule has 19 heavy (non-hydrogen) atoms. The van der Waals surface area contributed by atoms with Gasteiger partial charge in [-0.25, -0.2) is 13.2 Å². The van der Waals surface area contributed by atoms with Crippen LogP contribution in [-0.2, 0) is 14.8 Å². The number of fused-ring (bicyclic) bond motifs is 1. The number of nitrogens with one attached hydrogen (secondary N) is 1. The van der Waals surface area contributed by atoms with Gasteiger partial charge in [-0.15, -0.1) is 0 Å². The molecule has 1 aromatic carbocycles. The van der Waals surface area contributed by atoms with Crippen LogP contribution in [0.4, 0.5) is 5.69 Å². The average Bonchev–Trinajstić information content (AvgIpc) is 2.82. The van der Waals surface area contributed by atoms with Gasteiger partial charge in [0.05, 0.1) is 24.6 Å². The third-order valence-electron chi connectivity index (χ3n) is 2.90. The highest BCUT2D eigenvalue weighted by molar-refractivity contribution is 7.92. The van der Waals surface area contributed by atoms with Crippen LogP contribution in [0.25, 0.3) is 10.9 Å². The van der Waals surface area contributed by atoms with Gasteiger partial charge in [-0.05, 0) is 18.2 Å². The molecular formula is C12H14N2O4S. The second-order valence-corrected chi connectivity index (χ2v) is 6.17. The summed E-state index contributed by atoms with van der Waals surface area (Å²) in [5.41, 5.74) is 1.40. The van der Waals surface area contributed by atoms with E-state index in [1.807, 2.05) is 0 Å². The number of carbonyl (C=O) groups is 1. The number of methoxy groups -OCH3 is 1. The number of benzene rings is 1. The normalized spacial score (nSPS) is 11.5. The third-order valence-corrected chi connectivity index (χ3v) is 4.10. The van der Waals surface area contributed by atoms with Crippen molar-refractivity contribution < 1.29 is 17.9 Å². The van der Waals surface area contributed by atoms with E-state index in [2.05, 4.69) is 9.72 Å². The first-order chi connectivity index (χ1) is 8.84. The lowest BCUT2D eigenvalue weighted by Gasteiger charge is -2.18. The summed E-state index contributed by atoms with van der Waals surface area (Å²) in [6.45, 7) is 0. The molecule has 0 bridgehead atoms. The van der Waals surface area contributed by atoms with Crippen molar-refractivity contribution in [1.82, 2.24) is 4.98 Å². The molecule has 0 spiro atoms. The fourth-order valence-corrected chi connectivity index (χ4v) is 2.33. The predicted octanol–water partition coefficient (Wildman–Crippen LogP) is 1.35. The molecule has 0 saturated carbocycles. The molecular weight excluding hydrogens is 268 g/mol. The summed E-state index contributed by atoms with van der Waals surface area (Å²) >= 11 is 0. The molecule has 1 aromatic heterocycles. The van der Waals surface area contributed by atoms with E-state index in [0.717, 1.165) is 15.9 Å². The van der Waals surface area contributed by atoms with E-state index in [1.54, 1.807) is 18.3 Å². The Bertz CT molecular complexity index is 733. The molecule has 6 nitrogen and oxygen atoms in total. The summed E-state index contributed by atoms with van der Waals surface area (Å²) in [7, 11) is -0.686. The zero-order valence-corrected chi connectivity index (χ0v) is 11.6.